The summed E-state index contributed by atoms with van der Waals surface area (Å²) in [6.07, 6.45) is 2.29. The van der Waals surface area contributed by atoms with Gasteiger partial charge in [0.25, 0.3) is 0 Å². The highest BCUT2D eigenvalue weighted by atomic mass is 16.3. The van der Waals surface area contributed by atoms with Crippen LogP contribution in [0.15, 0.2) is 42.3 Å². The first kappa shape index (κ1) is 9.27. The third kappa shape index (κ3) is 3.39. The molecule has 1 aromatic carbocycles. The van der Waals surface area contributed by atoms with Gasteiger partial charge in [-0.25, -0.2) is 0 Å². The van der Waals surface area contributed by atoms with E-state index in [0.717, 1.165) is 18.2 Å². The fourth-order valence-corrected chi connectivity index (χ4v) is 1.05. The van der Waals surface area contributed by atoms with Crippen LogP contribution in [0.4, 0.5) is 0 Å². The molecule has 0 aliphatic carbocycles. The van der Waals surface area contributed by atoms with E-state index in [0.29, 0.717) is 6.42 Å². The van der Waals surface area contributed by atoms with Gasteiger partial charge >= 0.3 is 6.20 Å². The Kier molecular flexibility index (Phi) is 3.52. The molecule has 0 bridgehead atoms. The maximum absolute atomic E-state index is 9.12. The number of benzene rings is 1. The molecular formula is C10H11N2O+. The van der Waals surface area contributed by atoms with E-state index in [1.807, 2.05) is 30.3 Å². The Morgan fingerprint density at radius 2 is 2.08 bits per heavy atom. The Morgan fingerprint density at radius 3 is 2.69 bits per heavy atom. The van der Waals surface area contributed by atoms with E-state index in [1.165, 1.54) is 0 Å². The molecule has 0 atom stereocenters. The Balaban J connectivity index is 2.45. The van der Waals surface area contributed by atoms with E-state index in [-0.39, 0.29) is 5.76 Å². The number of hydrogen-bond donors (Lipinski definition) is 1. The quantitative estimate of drug-likeness (QED) is 0.567. The lowest BCUT2D eigenvalue weighted by Crippen LogP contribution is -1.87. The first-order valence-corrected chi connectivity index (χ1v) is 4.09. The van der Waals surface area contributed by atoms with Crippen molar-refractivity contribution in [1.29, 1.82) is 5.39 Å². The minimum absolute atomic E-state index is 0.0892. The number of diazo groups is 1. The van der Waals surface area contributed by atoms with Crippen molar-refractivity contribution in [3.05, 3.63) is 52.8 Å². The predicted molar refractivity (Wildman–Crippen MR) is 50.6 cm³/mol. The van der Waals surface area contributed by atoms with Gasteiger partial charge in [0.1, 0.15) is 0 Å². The van der Waals surface area contributed by atoms with E-state index in [4.69, 9.17) is 10.5 Å². The highest BCUT2D eigenvalue weighted by molar-refractivity contribution is 5.15. The summed E-state index contributed by atoms with van der Waals surface area (Å²) in [6, 6.07) is 9.83. The molecule has 1 rings (SSSR count). The topological polar surface area (TPSA) is 48.4 Å². The summed E-state index contributed by atoms with van der Waals surface area (Å²) >= 11 is 0. The second-order valence-electron chi connectivity index (χ2n) is 2.72. The standard InChI is InChI=1S/C10H10N2O/c11-12-8-10(13)7-6-9-4-2-1-3-5-9/h1-5,8H,6-7H2/p+1/b10-8+. The molecule has 0 aliphatic rings. The van der Waals surface area contributed by atoms with Gasteiger partial charge in [-0.1, -0.05) is 30.3 Å². The van der Waals surface area contributed by atoms with Crippen LogP contribution >= 0.6 is 0 Å². The zero-order chi connectivity index (χ0) is 9.52. The number of hydrogen-bond acceptors (Lipinski definition) is 2. The molecule has 13 heavy (non-hydrogen) atoms. The third-order valence-electron chi connectivity index (χ3n) is 1.72. The van der Waals surface area contributed by atoms with Crippen molar-refractivity contribution in [1.82, 2.24) is 0 Å². The van der Waals surface area contributed by atoms with Crippen LogP contribution in [0.3, 0.4) is 0 Å². The van der Waals surface area contributed by atoms with Crippen molar-refractivity contribution in [2.45, 2.75) is 12.8 Å². The lowest BCUT2D eigenvalue weighted by Gasteiger charge is -1.97. The smallest absolute Gasteiger partial charge is 0.387 e. The molecule has 0 heterocycles. The zero-order valence-corrected chi connectivity index (χ0v) is 7.22. The largest absolute Gasteiger partial charge is 0.505 e. The highest BCUT2D eigenvalue weighted by Gasteiger charge is 1.99. The van der Waals surface area contributed by atoms with Crippen LogP contribution in [0, 0.1) is 5.39 Å². The zero-order valence-electron chi connectivity index (χ0n) is 7.22. The molecule has 66 valence electrons. The van der Waals surface area contributed by atoms with Gasteiger partial charge in [-0.05, 0) is 12.0 Å². The number of aliphatic hydroxyl groups excluding tert-OH is 1. The van der Waals surface area contributed by atoms with Crippen molar-refractivity contribution in [3.8, 4) is 0 Å². The SMILES string of the molecule is N#[N+]/C=C(/O)CCc1ccccc1. The van der Waals surface area contributed by atoms with Crippen molar-refractivity contribution in [2.75, 3.05) is 0 Å². The molecule has 0 unspecified atom stereocenters. The van der Waals surface area contributed by atoms with Gasteiger partial charge in [0, 0.05) is 6.42 Å². The number of rotatable bonds is 3. The fraction of sp³-hybridized carbons (Fsp3) is 0.200. The van der Waals surface area contributed by atoms with Crippen LogP contribution in [0.25, 0.3) is 4.98 Å². The van der Waals surface area contributed by atoms with Crippen LogP contribution < -0.4 is 0 Å². The summed E-state index contributed by atoms with van der Waals surface area (Å²) < 4.78 is 0. The number of nitrogens with zero attached hydrogens (tertiary/aromatic N) is 2. The van der Waals surface area contributed by atoms with E-state index < -0.39 is 0 Å². The van der Waals surface area contributed by atoms with Gasteiger partial charge in [0.2, 0.25) is 5.39 Å². The average molecular weight is 175 g/mol. The Labute approximate surface area is 77.0 Å². The maximum Gasteiger partial charge on any atom is 0.387 e. The molecule has 0 saturated heterocycles. The van der Waals surface area contributed by atoms with Gasteiger partial charge in [-0.2, -0.15) is 0 Å². The minimum atomic E-state index is 0.0892. The van der Waals surface area contributed by atoms with Crippen LogP contribution in [-0.2, 0) is 6.42 Å². The van der Waals surface area contributed by atoms with E-state index in [2.05, 4.69) is 4.98 Å². The van der Waals surface area contributed by atoms with E-state index in [1.54, 1.807) is 0 Å². The molecule has 0 spiro atoms. The van der Waals surface area contributed by atoms with Crippen molar-refractivity contribution < 1.29 is 5.11 Å². The molecule has 0 amide bonds. The Morgan fingerprint density at radius 1 is 1.38 bits per heavy atom. The molecule has 3 nitrogen and oxygen atoms in total. The third-order valence-corrected chi connectivity index (χ3v) is 1.72. The second kappa shape index (κ2) is 4.94. The minimum Gasteiger partial charge on any atom is -0.505 e. The molecule has 0 radical (unpaired) electrons. The average Bonchev–Trinajstić information content (AvgIpc) is 2.17. The molecule has 3 heteroatoms. The molecule has 1 aromatic rings. The van der Waals surface area contributed by atoms with Crippen molar-refractivity contribution in [2.24, 2.45) is 0 Å². The maximum atomic E-state index is 9.12. The Hall–Kier alpha value is -1.82. The lowest BCUT2D eigenvalue weighted by atomic mass is 10.1. The van der Waals surface area contributed by atoms with Crippen molar-refractivity contribution in [3.63, 3.8) is 0 Å². The fourth-order valence-electron chi connectivity index (χ4n) is 1.05. The normalized spacial score (nSPS) is 10.8. The van der Waals surface area contributed by atoms with E-state index in [9.17, 15) is 0 Å². The van der Waals surface area contributed by atoms with Crippen LogP contribution in [0.1, 0.15) is 12.0 Å². The molecule has 0 fully saturated rings. The molecular weight excluding hydrogens is 164 g/mol. The van der Waals surface area contributed by atoms with Gasteiger partial charge in [0.05, 0.1) is 0 Å². The van der Waals surface area contributed by atoms with Crippen molar-refractivity contribution >= 4 is 0 Å². The summed E-state index contributed by atoms with van der Waals surface area (Å²) in [4.78, 5) is 2.74. The molecule has 0 saturated carbocycles. The second-order valence-corrected chi connectivity index (χ2v) is 2.72. The summed E-state index contributed by atoms with van der Waals surface area (Å²) in [6.45, 7) is 0. The van der Waals surface area contributed by atoms with E-state index >= 15 is 0 Å². The van der Waals surface area contributed by atoms with Crippen LogP contribution in [-0.4, -0.2) is 5.11 Å². The van der Waals surface area contributed by atoms with Gasteiger partial charge in [0.15, 0.2) is 10.7 Å². The molecule has 1 N–H and O–H groups in total. The van der Waals surface area contributed by atoms with Gasteiger partial charge < -0.3 is 5.11 Å². The van der Waals surface area contributed by atoms with Gasteiger partial charge in [-0.3, -0.25) is 0 Å². The Bertz CT molecular complexity index is 325. The summed E-state index contributed by atoms with van der Waals surface area (Å²) in [5.74, 6) is 0.0892. The predicted octanol–water partition coefficient (Wildman–Crippen LogP) is 2.87. The van der Waals surface area contributed by atoms with Gasteiger partial charge in [-0.15, -0.1) is 0 Å². The summed E-state index contributed by atoms with van der Waals surface area (Å²) in [7, 11) is 0. The highest BCUT2D eigenvalue weighted by Crippen LogP contribution is 2.06. The number of aryl methyl sites for hydroxylation is 1. The lowest BCUT2D eigenvalue weighted by molar-refractivity contribution is 0.388. The number of aliphatic hydroxyl groups is 1. The van der Waals surface area contributed by atoms with Crippen LogP contribution in [0.2, 0.25) is 0 Å². The first-order chi connectivity index (χ1) is 6.33. The molecule has 0 aliphatic heterocycles. The summed E-state index contributed by atoms with van der Waals surface area (Å²) in [5.41, 5.74) is 1.15. The molecule has 0 aromatic heterocycles. The van der Waals surface area contributed by atoms with Crippen LogP contribution in [0.5, 0.6) is 0 Å². The number of allylic oxidation sites excluding steroid dienone is 1. The monoisotopic (exact) mass is 175 g/mol. The summed E-state index contributed by atoms with van der Waals surface area (Å²) in [5, 5.41) is 17.2. The first-order valence-electron chi connectivity index (χ1n) is 4.09.